The topological polar surface area (TPSA) is 50.8 Å². The average molecular weight is 296 g/mol. The molecule has 1 N–H and O–H groups in total. The van der Waals surface area contributed by atoms with Gasteiger partial charge in [-0.15, -0.1) is 0 Å². The predicted molar refractivity (Wildman–Crippen MR) is 79.9 cm³/mol. The highest BCUT2D eigenvalue weighted by atomic mass is 16.7. The fourth-order valence-electron chi connectivity index (χ4n) is 3.77. The summed E-state index contributed by atoms with van der Waals surface area (Å²) < 4.78 is 11.5. The second-order valence-electron chi connectivity index (χ2n) is 6.66. The molecule has 0 radical (unpaired) electrons. The largest absolute Gasteiger partial charge is 0.352 e. The molecule has 2 aliphatic heterocycles. The first kappa shape index (κ1) is 15.3. The number of nitrogens with zero attached hydrogens (tertiary/aromatic N) is 1. The van der Waals surface area contributed by atoms with Crippen LogP contribution in [0, 0.1) is 0 Å². The summed E-state index contributed by atoms with van der Waals surface area (Å²) in [4.78, 5) is 14.7. The molecule has 3 aliphatic rings. The van der Waals surface area contributed by atoms with Crippen LogP contribution in [-0.4, -0.2) is 55.0 Å². The first-order valence-electron chi connectivity index (χ1n) is 8.51. The molecule has 0 bridgehead atoms. The number of carbonyl (C=O) groups excluding carboxylic acids is 1. The van der Waals surface area contributed by atoms with Crippen LogP contribution >= 0.6 is 0 Å². The van der Waals surface area contributed by atoms with Crippen molar-refractivity contribution in [1.82, 2.24) is 10.2 Å². The van der Waals surface area contributed by atoms with Crippen molar-refractivity contribution in [3.63, 3.8) is 0 Å². The molecule has 0 aromatic rings. The Labute approximate surface area is 127 Å². The second-order valence-corrected chi connectivity index (χ2v) is 6.66. The fourth-order valence-corrected chi connectivity index (χ4v) is 3.77. The van der Waals surface area contributed by atoms with E-state index in [0.717, 1.165) is 38.8 Å². The van der Waals surface area contributed by atoms with E-state index in [0.29, 0.717) is 19.3 Å². The van der Waals surface area contributed by atoms with Gasteiger partial charge in [0.2, 0.25) is 5.91 Å². The van der Waals surface area contributed by atoms with Crippen LogP contribution < -0.4 is 5.32 Å². The summed E-state index contributed by atoms with van der Waals surface area (Å²) in [7, 11) is 0. The van der Waals surface area contributed by atoms with Gasteiger partial charge in [-0.25, -0.2) is 0 Å². The summed E-state index contributed by atoms with van der Waals surface area (Å²) >= 11 is 0. The maximum Gasteiger partial charge on any atom is 0.237 e. The Bertz CT molecular complexity index is 353. The summed E-state index contributed by atoms with van der Waals surface area (Å²) in [5, 5.41) is 3.23. The van der Waals surface area contributed by atoms with Gasteiger partial charge in [-0.05, 0) is 19.8 Å². The molecule has 1 amide bonds. The van der Waals surface area contributed by atoms with Crippen LogP contribution in [0.25, 0.3) is 0 Å². The molecule has 2 saturated heterocycles. The lowest BCUT2D eigenvalue weighted by molar-refractivity contribution is -0.188. The summed E-state index contributed by atoms with van der Waals surface area (Å²) in [6.07, 6.45) is 7.84. The van der Waals surface area contributed by atoms with Gasteiger partial charge in [0.1, 0.15) is 0 Å². The van der Waals surface area contributed by atoms with Crippen molar-refractivity contribution < 1.29 is 14.3 Å². The number of hydrogen-bond acceptors (Lipinski definition) is 4. The van der Waals surface area contributed by atoms with Gasteiger partial charge >= 0.3 is 0 Å². The van der Waals surface area contributed by atoms with E-state index < -0.39 is 0 Å². The lowest BCUT2D eigenvalue weighted by atomic mass is 9.95. The SMILES string of the molecule is C[C@@H](C(=O)NC1CCCCC1)N1CCC2(CC1)OCCO2. The van der Waals surface area contributed by atoms with Gasteiger partial charge in [-0.3, -0.25) is 9.69 Å². The van der Waals surface area contributed by atoms with Crippen molar-refractivity contribution in [2.45, 2.75) is 69.7 Å². The Morgan fingerprint density at radius 3 is 2.38 bits per heavy atom. The van der Waals surface area contributed by atoms with Crippen LogP contribution in [0.4, 0.5) is 0 Å². The van der Waals surface area contributed by atoms with E-state index in [4.69, 9.17) is 9.47 Å². The van der Waals surface area contributed by atoms with Gasteiger partial charge in [0.15, 0.2) is 5.79 Å². The first-order valence-corrected chi connectivity index (χ1v) is 8.51. The molecule has 5 heteroatoms. The van der Waals surface area contributed by atoms with Gasteiger partial charge in [-0.2, -0.15) is 0 Å². The van der Waals surface area contributed by atoms with Crippen molar-refractivity contribution in [2.24, 2.45) is 0 Å². The van der Waals surface area contributed by atoms with Gasteiger partial charge in [0.05, 0.1) is 19.3 Å². The van der Waals surface area contributed by atoms with Gasteiger partial charge in [-0.1, -0.05) is 19.3 Å². The molecule has 3 fully saturated rings. The Kier molecular flexibility index (Phi) is 4.82. The monoisotopic (exact) mass is 296 g/mol. The van der Waals surface area contributed by atoms with Gasteiger partial charge < -0.3 is 14.8 Å². The molecular formula is C16H28N2O3. The van der Waals surface area contributed by atoms with Gasteiger partial charge in [0, 0.05) is 32.0 Å². The van der Waals surface area contributed by atoms with E-state index in [1.807, 2.05) is 6.92 Å². The van der Waals surface area contributed by atoms with Crippen LogP contribution in [-0.2, 0) is 14.3 Å². The minimum absolute atomic E-state index is 0.0503. The molecule has 0 aromatic carbocycles. The van der Waals surface area contributed by atoms with E-state index in [-0.39, 0.29) is 17.7 Å². The van der Waals surface area contributed by atoms with E-state index in [9.17, 15) is 4.79 Å². The molecule has 0 unspecified atom stereocenters. The second kappa shape index (κ2) is 6.63. The maximum absolute atomic E-state index is 12.4. The lowest BCUT2D eigenvalue weighted by Gasteiger charge is -2.40. The standard InChI is InChI=1S/C16H28N2O3/c1-13(15(19)17-14-5-3-2-4-6-14)18-9-7-16(8-10-18)20-11-12-21-16/h13-14H,2-12H2,1H3,(H,17,19)/t13-/m0/s1. The number of hydrogen-bond donors (Lipinski definition) is 1. The minimum Gasteiger partial charge on any atom is -0.352 e. The molecule has 0 aromatic heterocycles. The minimum atomic E-state index is -0.351. The number of rotatable bonds is 3. The summed E-state index contributed by atoms with van der Waals surface area (Å²) in [5.41, 5.74) is 0. The normalized spacial score (nSPS) is 28.6. The molecule has 2 heterocycles. The van der Waals surface area contributed by atoms with Crippen molar-refractivity contribution in [2.75, 3.05) is 26.3 Å². The highest BCUT2D eigenvalue weighted by Gasteiger charge is 2.41. The van der Waals surface area contributed by atoms with E-state index in [1.165, 1.54) is 19.3 Å². The highest BCUT2D eigenvalue weighted by Crippen LogP contribution is 2.31. The molecule has 21 heavy (non-hydrogen) atoms. The summed E-state index contributed by atoms with van der Waals surface area (Å²) in [6, 6.07) is 0.344. The predicted octanol–water partition coefficient (Wildman–Crippen LogP) is 1.66. The van der Waals surface area contributed by atoms with E-state index in [1.54, 1.807) is 0 Å². The molecule has 120 valence electrons. The van der Waals surface area contributed by atoms with E-state index in [2.05, 4.69) is 10.2 Å². The number of nitrogens with one attached hydrogen (secondary N) is 1. The number of carbonyl (C=O) groups is 1. The molecule has 1 aliphatic carbocycles. The van der Waals surface area contributed by atoms with Crippen LogP contribution in [0.5, 0.6) is 0 Å². The number of piperidine rings is 1. The van der Waals surface area contributed by atoms with Crippen LogP contribution in [0.15, 0.2) is 0 Å². The number of amides is 1. The molecule has 5 nitrogen and oxygen atoms in total. The van der Waals surface area contributed by atoms with Crippen LogP contribution in [0.2, 0.25) is 0 Å². The Morgan fingerprint density at radius 2 is 1.76 bits per heavy atom. The number of ether oxygens (including phenoxy) is 2. The zero-order valence-electron chi connectivity index (χ0n) is 13.1. The third kappa shape index (κ3) is 3.58. The Balaban J connectivity index is 1.46. The lowest BCUT2D eigenvalue weighted by Crippen LogP contribution is -2.53. The van der Waals surface area contributed by atoms with Crippen molar-refractivity contribution >= 4 is 5.91 Å². The summed E-state index contributed by atoms with van der Waals surface area (Å²) in [6.45, 7) is 5.18. The Morgan fingerprint density at radius 1 is 1.14 bits per heavy atom. The average Bonchev–Trinajstić information content (AvgIpc) is 2.96. The first-order chi connectivity index (χ1) is 10.2. The highest BCUT2D eigenvalue weighted by molar-refractivity contribution is 5.81. The molecular weight excluding hydrogens is 268 g/mol. The summed E-state index contributed by atoms with van der Waals surface area (Å²) in [5.74, 6) is -0.165. The van der Waals surface area contributed by atoms with Crippen LogP contribution in [0.3, 0.4) is 0 Å². The van der Waals surface area contributed by atoms with Crippen LogP contribution in [0.1, 0.15) is 51.9 Å². The third-order valence-electron chi connectivity index (χ3n) is 5.25. The molecule has 1 spiro atoms. The molecule has 1 atom stereocenters. The molecule has 1 saturated carbocycles. The smallest absolute Gasteiger partial charge is 0.237 e. The number of likely N-dealkylation sites (tertiary alicyclic amines) is 1. The quantitative estimate of drug-likeness (QED) is 0.860. The van der Waals surface area contributed by atoms with E-state index >= 15 is 0 Å². The zero-order valence-corrected chi connectivity index (χ0v) is 13.1. The zero-order chi connectivity index (χ0) is 14.7. The van der Waals surface area contributed by atoms with Crippen molar-refractivity contribution in [3.05, 3.63) is 0 Å². The molecule has 3 rings (SSSR count). The Hall–Kier alpha value is -0.650. The van der Waals surface area contributed by atoms with Gasteiger partial charge in [0.25, 0.3) is 0 Å². The fraction of sp³-hybridized carbons (Fsp3) is 0.938. The third-order valence-corrected chi connectivity index (χ3v) is 5.25. The van der Waals surface area contributed by atoms with Crippen molar-refractivity contribution in [3.8, 4) is 0 Å². The van der Waals surface area contributed by atoms with Crippen molar-refractivity contribution in [1.29, 1.82) is 0 Å². The maximum atomic E-state index is 12.4.